The lowest BCUT2D eigenvalue weighted by Crippen LogP contribution is -2.54. The fourth-order valence-corrected chi connectivity index (χ4v) is 2.79. The highest BCUT2D eigenvalue weighted by atomic mass is 16.5. The number of hydrogen-bond donors (Lipinski definition) is 2. The number of nitrogens with two attached hydrogens (primary N) is 1. The van der Waals surface area contributed by atoms with E-state index in [-0.39, 0.29) is 31.4 Å². The maximum Gasteiger partial charge on any atom is 0.323 e. The smallest absolute Gasteiger partial charge is 0.323 e. The zero-order valence-corrected chi connectivity index (χ0v) is 14.8. The third kappa shape index (κ3) is 5.09. The van der Waals surface area contributed by atoms with Crippen LogP contribution in [0.5, 0.6) is 5.75 Å². The SMILES string of the molecule is COc1ccc(N(CC(=O)O)CC(=O)N2CCN(C(=O)CN)CC2)cc1. The van der Waals surface area contributed by atoms with Gasteiger partial charge in [0.15, 0.2) is 0 Å². The van der Waals surface area contributed by atoms with Gasteiger partial charge in [-0.15, -0.1) is 0 Å². The highest BCUT2D eigenvalue weighted by molar-refractivity contribution is 5.84. The number of aliphatic carboxylic acids is 1. The van der Waals surface area contributed by atoms with Crippen molar-refractivity contribution in [3.63, 3.8) is 0 Å². The van der Waals surface area contributed by atoms with E-state index in [0.717, 1.165) is 0 Å². The topological polar surface area (TPSA) is 116 Å². The molecular weight excluding hydrogens is 340 g/mol. The van der Waals surface area contributed by atoms with Crippen molar-refractivity contribution in [1.82, 2.24) is 9.80 Å². The van der Waals surface area contributed by atoms with Gasteiger partial charge in [-0.3, -0.25) is 14.4 Å². The van der Waals surface area contributed by atoms with Crippen LogP contribution in [0.2, 0.25) is 0 Å². The number of anilines is 1. The second kappa shape index (κ2) is 9.04. The Hall–Kier alpha value is -2.81. The Morgan fingerprint density at radius 3 is 2.04 bits per heavy atom. The molecule has 2 amide bonds. The summed E-state index contributed by atoms with van der Waals surface area (Å²) < 4.78 is 5.09. The van der Waals surface area contributed by atoms with E-state index in [1.807, 2.05) is 0 Å². The number of carboxylic acid groups (broad SMARTS) is 1. The number of methoxy groups -OCH3 is 1. The van der Waals surface area contributed by atoms with Crippen LogP contribution in [0.4, 0.5) is 5.69 Å². The molecule has 26 heavy (non-hydrogen) atoms. The van der Waals surface area contributed by atoms with Crippen LogP contribution < -0.4 is 15.4 Å². The molecule has 3 N–H and O–H groups in total. The summed E-state index contributed by atoms with van der Waals surface area (Å²) in [6, 6.07) is 6.86. The standard InChI is InChI=1S/C17H24N4O5/c1-26-14-4-2-13(3-5-14)21(12-17(24)25)11-16(23)20-8-6-19(7-9-20)15(22)10-18/h2-5H,6-12,18H2,1H3,(H,24,25). The second-order valence-corrected chi connectivity index (χ2v) is 5.91. The summed E-state index contributed by atoms with van der Waals surface area (Å²) in [5, 5.41) is 9.14. The average molecular weight is 364 g/mol. The minimum atomic E-state index is -1.02. The molecule has 2 rings (SSSR count). The Labute approximate surface area is 151 Å². The summed E-state index contributed by atoms with van der Waals surface area (Å²) in [6.45, 7) is 1.31. The number of carbonyl (C=O) groups excluding carboxylic acids is 2. The molecule has 0 unspecified atom stereocenters. The average Bonchev–Trinajstić information content (AvgIpc) is 2.66. The molecule has 1 aliphatic heterocycles. The lowest BCUT2D eigenvalue weighted by molar-refractivity contribution is -0.138. The number of hydrogen-bond acceptors (Lipinski definition) is 6. The van der Waals surface area contributed by atoms with E-state index < -0.39 is 5.97 Å². The van der Waals surface area contributed by atoms with Gasteiger partial charge < -0.3 is 30.3 Å². The molecule has 1 heterocycles. The number of ether oxygens (including phenoxy) is 1. The summed E-state index contributed by atoms with van der Waals surface area (Å²) in [5.41, 5.74) is 5.98. The number of benzene rings is 1. The molecule has 0 radical (unpaired) electrons. The number of nitrogens with zero attached hydrogens (tertiary/aromatic N) is 3. The van der Waals surface area contributed by atoms with Crippen LogP contribution in [-0.2, 0) is 14.4 Å². The number of rotatable bonds is 7. The zero-order chi connectivity index (χ0) is 19.1. The maximum atomic E-state index is 12.6. The van der Waals surface area contributed by atoms with Crippen molar-refractivity contribution < 1.29 is 24.2 Å². The molecular formula is C17H24N4O5. The van der Waals surface area contributed by atoms with Crippen molar-refractivity contribution in [3.05, 3.63) is 24.3 Å². The quantitative estimate of drug-likeness (QED) is 0.652. The molecule has 0 spiro atoms. The van der Waals surface area contributed by atoms with E-state index in [2.05, 4.69) is 0 Å². The Bertz CT molecular complexity index is 641. The molecule has 1 aliphatic rings. The van der Waals surface area contributed by atoms with Gasteiger partial charge in [-0.25, -0.2) is 0 Å². The van der Waals surface area contributed by atoms with Gasteiger partial charge in [-0.05, 0) is 24.3 Å². The molecule has 0 bridgehead atoms. The Balaban J connectivity index is 2.00. The first-order chi connectivity index (χ1) is 12.4. The Morgan fingerprint density at radius 2 is 1.58 bits per heavy atom. The van der Waals surface area contributed by atoms with Crippen LogP contribution in [0, 0.1) is 0 Å². The minimum absolute atomic E-state index is 0.0438. The molecule has 0 aromatic heterocycles. The minimum Gasteiger partial charge on any atom is -0.497 e. The van der Waals surface area contributed by atoms with Crippen molar-refractivity contribution in [2.45, 2.75) is 0 Å². The van der Waals surface area contributed by atoms with Crippen LogP contribution in [0.1, 0.15) is 0 Å². The molecule has 142 valence electrons. The Kier molecular flexibility index (Phi) is 6.79. The molecule has 1 aromatic rings. The first-order valence-corrected chi connectivity index (χ1v) is 8.31. The molecule has 1 fully saturated rings. The summed E-state index contributed by atoms with van der Waals surface area (Å²) >= 11 is 0. The fraction of sp³-hybridized carbons (Fsp3) is 0.471. The van der Waals surface area contributed by atoms with Crippen LogP contribution in [0.15, 0.2) is 24.3 Å². The molecule has 0 aliphatic carbocycles. The Morgan fingerprint density at radius 1 is 1.04 bits per heavy atom. The van der Waals surface area contributed by atoms with Crippen LogP contribution >= 0.6 is 0 Å². The molecule has 0 saturated carbocycles. The molecule has 0 atom stereocenters. The largest absolute Gasteiger partial charge is 0.497 e. The molecule has 9 heteroatoms. The summed E-state index contributed by atoms with van der Waals surface area (Å²) in [7, 11) is 1.54. The van der Waals surface area contributed by atoms with Gasteiger partial charge in [-0.1, -0.05) is 0 Å². The van der Waals surface area contributed by atoms with E-state index in [1.165, 1.54) is 4.90 Å². The van der Waals surface area contributed by atoms with Gasteiger partial charge in [0, 0.05) is 31.9 Å². The van der Waals surface area contributed by atoms with Crippen molar-refractivity contribution in [2.75, 3.05) is 57.8 Å². The van der Waals surface area contributed by atoms with Crippen molar-refractivity contribution in [3.8, 4) is 5.75 Å². The normalized spacial score (nSPS) is 14.1. The lowest BCUT2D eigenvalue weighted by Gasteiger charge is -2.35. The van der Waals surface area contributed by atoms with Gasteiger partial charge in [0.25, 0.3) is 0 Å². The van der Waals surface area contributed by atoms with E-state index in [9.17, 15) is 14.4 Å². The number of carbonyl (C=O) groups is 3. The number of piperazine rings is 1. The monoisotopic (exact) mass is 364 g/mol. The summed E-state index contributed by atoms with van der Waals surface area (Å²) in [4.78, 5) is 40.1. The second-order valence-electron chi connectivity index (χ2n) is 5.91. The van der Waals surface area contributed by atoms with E-state index >= 15 is 0 Å². The molecule has 1 saturated heterocycles. The third-order valence-corrected chi connectivity index (χ3v) is 4.25. The fourth-order valence-electron chi connectivity index (χ4n) is 2.79. The highest BCUT2D eigenvalue weighted by Gasteiger charge is 2.25. The first kappa shape index (κ1) is 19.5. The van der Waals surface area contributed by atoms with Gasteiger partial charge >= 0.3 is 5.97 Å². The summed E-state index contributed by atoms with van der Waals surface area (Å²) in [6.07, 6.45) is 0. The van der Waals surface area contributed by atoms with E-state index in [0.29, 0.717) is 37.6 Å². The zero-order valence-electron chi connectivity index (χ0n) is 14.8. The van der Waals surface area contributed by atoms with Gasteiger partial charge in [-0.2, -0.15) is 0 Å². The maximum absolute atomic E-state index is 12.6. The number of carboxylic acids is 1. The van der Waals surface area contributed by atoms with Crippen molar-refractivity contribution in [2.24, 2.45) is 5.73 Å². The van der Waals surface area contributed by atoms with E-state index in [1.54, 1.807) is 41.2 Å². The van der Waals surface area contributed by atoms with Crippen LogP contribution in [-0.4, -0.2) is 85.6 Å². The third-order valence-electron chi connectivity index (χ3n) is 4.25. The van der Waals surface area contributed by atoms with Crippen LogP contribution in [0.25, 0.3) is 0 Å². The molecule has 1 aromatic carbocycles. The van der Waals surface area contributed by atoms with Crippen molar-refractivity contribution in [1.29, 1.82) is 0 Å². The summed E-state index contributed by atoms with van der Waals surface area (Å²) in [5.74, 6) is -0.687. The van der Waals surface area contributed by atoms with Crippen molar-refractivity contribution >= 4 is 23.5 Å². The lowest BCUT2D eigenvalue weighted by atomic mass is 10.2. The van der Waals surface area contributed by atoms with Gasteiger partial charge in [0.2, 0.25) is 11.8 Å². The predicted molar refractivity (Wildman–Crippen MR) is 95.1 cm³/mol. The predicted octanol–water partition coefficient (Wildman–Crippen LogP) is -0.784. The first-order valence-electron chi connectivity index (χ1n) is 8.31. The molecule has 9 nitrogen and oxygen atoms in total. The van der Waals surface area contributed by atoms with Gasteiger partial charge in [0.1, 0.15) is 12.3 Å². The van der Waals surface area contributed by atoms with Crippen LogP contribution in [0.3, 0.4) is 0 Å². The van der Waals surface area contributed by atoms with Gasteiger partial charge in [0.05, 0.1) is 20.2 Å². The number of amides is 2. The van der Waals surface area contributed by atoms with E-state index in [4.69, 9.17) is 15.6 Å². The highest BCUT2D eigenvalue weighted by Crippen LogP contribution is 2.19.